The number of nitrogens with zero attached hydrogens (tertiary/aromatic N) is 2. The Morgan fingerprint density at radius 1 is 1.33 bits per heavy atom. The van der Waals surface area contributed by atoms with Crippen molar-refractivity contribution in [2.24, 2.45) is 0 Å². The fraction of sp³-hybridized carbons (Fsp3) is 0.214. The van der Waals surface area contributed by atoms with Gasteiger partial charge in [0.1, 0.15) is 5.01 Å². The molecule has 1 unspecified atom stereocenters. The summed E-state index contributed by atoms with van der Waals surface area (Å²) in [7, 11) is 1.67. The number of para-hydroxylation sites is 1. The smallest absolute Gasteiger partial charge is 0.355 e. The highest BCUT2D eigenvalue weighted by molar-refractivity contribution is 7.09. The lowest BCUT2D eigenvalue weighted by molar-refractivity contribution is 0.0691. The highest BCUT2D eigenvalue weighted by Gasteiger charge is 2.18. The molecule has 2 amide bonds. The van der Waals surface area contributed by atoms with Gasteiger partial charge in [-0.1, -0.05) is 18.2 Å². The highest BCUT2D eigenvalue weighted by atomic mass is 32.1. The van der Waals surface area contributed by atoms with Crippen molar-refractivity contribution < 1.29 is 14.7 Å². The van der Waals surface area contributed by atoms with Gasteiger partial charge in [0.2, 0.25) is 0 Å². The van der Waals surface area contributed by atoms with Crippen molar-refractivity contribution in [1.82, 2.24) is 10.3 Å². The summed E-state index contributed by atoms with van der Waals surface area (Å²) < 4.78 is 0. The molecule has 0 aliphatic rings. The van der Waals surface area contributed by atoms with E-state index >= 15 is 0 Å². The van der Waals surface area contributed by atoms with E-state index in [4.69, 9.17) is 5.11 Å². The van der Waals surface area contributed by atoms with Crippen LogP contribution in [0.4, 0.5) is 10.5 Å². The molecule has 0 spiro atoms. The van der Waals surface area contributed by atoms with Crippen LogP contribution in [0.5, 0.6) is 0 Å². The van der Waals surface area contributed by atoms with Gasteiger partial charge in [0.05, 0.1) is 6.04 Å². The normalized spacial score (nSPS) is 11.7. The number of nitrogens with one attached hydrogen (secondary N) is 1. The lowest BCUT2D eigenvalue weighted by Crippen LogP contribution is -2.38. The largest absolute Gasteiger partial charge is 0.476 e. The second-order valence-corrected chi connectivity index (χ2v) is 5.33. The predicted molar refractivity (Wildman–Crippen MR) is 80.9 cm³/mol. The van der Waals surface area contributed by atoms with Crippen LogP contribution in [0.1, 0.15) is 28.5 Å². The third kappa shape index (κ3) is 3.57. The van der Waals surface area contributed by atoms with E-state index in [0.29, 0.717) is 5.01 Å². The van der Waals surface area contributed by atoms with Gasteiger partial charge in [0, 0.05) is 18.1 Å². The number of hydrogen-bond acceptors (Lipinski definition) is 4. The molecule has 0 aliphatic heterocycles. The number of carboxylic acids is 1. The van der Waals surface area contributed by atoms with Gasteiger partial charge in [-0.2, -0.15) is 0 Å². The second kappa shape index (κ2) is 6.36. The molecular weight excluding hydrogens is 290 g/mol. The Balaban J connectivity index is 2.03. The summed E-state index contributed by atoms with van der Waals surface area (Å²) in [5, 5.41) is 13.7. The van der Waals surface area contributed by atoms with Gasteiger partial charge >= 0.3 is 12.0 Å². The van der Waals surface area contributed by atoms with Crippen LogP contribution in [0.2, 0.25) is 0 Å². The molecule has 0 saturated heterocycles. The van der Waals surface area contributed by atoms with E-state index in [1.54, 1.807) is 14.0 Å². The van der Waals surface area contributed by atoms with Crippen LogP contribution in [0, 0.1) is 0 Å². The molecule has 0 saturated carbocycles. The average molecular weight is 305 g/mol. The topological polar surface area (TPSA) is 82.5 Å². The number of rotatable bonds is 4. The summed E-state index contributed by atoms with van der Waals surface area (Å²) in [6.45, 7) is 1.77. The van der Waals surface area contributed by atoms with Crippen molar-refractivity contribution in [2.45, 2.75) is 13.0 Å². The van der Waals surface area contributed by atoms with E-state index in [-0.39, 0.29) is 17.8 Å². The summed E-state index contributed by atoms with van der Waals surface area (Å²) in [6.07, 6.45) is 0. The first-order valence-corrected chi connectivity index (χ1v) is 7.15. The van der Waals surface area contributed by atoms with Crippen LogP contribution in [-0.4, -0.2) is 29.1 Å². The van der Waals surface area contributed by atoms with Crippen molar-refractivity contribution in [3.63, 3.8) is 0 Å². The zero-order valence-corrected chi connectivity index (χ0v) is 12.4. The molecule has 2 N–H and O–H groups in total. The molecule has 0 radical (unpaired) electrons. The molecule has 6 nitrogen and oxygen atoms in total. The Bertz CT molecular complexity index is 642. The number of thiazole rings is 1. The molecule has 1 atom stereocenters. The molecule has 21 heavy (non-hydrogen) atoms. The molecule has 110 valence electrons. The number of carboxylic acid groups (broad SMARTS) is 1. The van der Waals surface area contributed by atoms with Crippen LogP contribution in [-0.2, 0) is 0 Å². The molecule has 1 aromatic carbocycles. The fourth-order valence-corrected chi connectivity index (χ4v) is 2.50. The standard InChI is InChI=1S/C14H15N3O3S/c1-9(12-16-11(8-21-12)13(18)19)15-14(20)17(2)10-6-4-3-5-7-10/h3-9H,1-2H3,(H,15,20)(H,18,19). The summed E-state index contributed by atoms with van der Waals surface area (Å²) >= 11 is 1.21. The second-order valence-electron chi connectivity index (χ2n) is 4.44. The van der Waals surface area contributed by atoms with E-state index in [0.717, 1.165) is 5.69 Å². The molecular formula is C14H15N3O3S. The number of aromatic carboxylic acids is 1. The van der Waals surface area contributed by atoms with Crippen molar-refractivity contribution in [3.05, 3.63) is 46.4 Å². The van der Waals surface area contributed by atoms with Crippen LogP contribution in [0.3, 0.4) is 0 Å². The minimum Gasteiger partial charge on any atom is -0.476 e. The van der Waals surface area contributed by atoms with Crippen molar-refractivity contribution in [2.75, 3.05) is 11.9 Å². The Morgan fingerprint density at radius 3 is 2.57 bits per heavy atom. The monoisotopic (exact) mass is 305 g/mol. The van der Waals surface area contributed by atoms with Gasteiger partial charge in [-0.15, -0.1) is 11.3 Å². The Hall–Kier alpha value is -2.41. The van der Waals surface area contributed by atoms with Gasteiger partial charge in [-0.3, -0.25) is 4.90 Å². The lowest BCUT2D eigenvalue weighted by Gasteiger charge is -2.20. The molecule has 0 aliphatic carbocycles. The summed E-state index contributed by atoms with van der Waals surface area (Å²) in [6, 6.07) is 8.60. The maximum Gasteiger partial charge on any atom is 0.355 e. The fourth-order valence-electron chi connectivity index (χ4n) is 1.70. The van der Waals surface area contributed by atoms with Crippen molar-refractivity contribution >= 4 is 29.0 Å². The number of urea groups is 1. The van der Waals surface area contributed by atoms with Crippen LogP contribution in [0.25, 0.3) is 0 Å². The first-order chi connectivity index (χ1) is 9.99. The number of benzene rings is 1. The zero-order valence-electron chi connectivity index (χ0n) is 11.6. The quantitative estimate of drug-likeness (QED) is 0.910. The van der Waals surface area contributed by atoms with E-state index < -0.39 is 5.97 Å². The van der Waals surface area contributed by atoms with Gasteiger partial charge in [0.15, 0.2) is 5.69 Å². The first-order valence-electron chi connectivity index (χ1n) is 6.27. The minimum absolute atomic E-state index is 0.00693. The zero-order chi connectivity index (χ0) is 15.4. The predicted octanol–water partition coefficient (Wildman–Crippen LogP) is 2.75. The molecule has 0 fully saturated rings. The van der Waals surface area contributed by atoms with Crippen LogP contribution >= 0.6 is 11.3 Å². The number of carbonyl (C=O) groups is 2. The third-order valence-electron chi connectivity index (χ3n) is 2.90. The Labute approximate surface area is 126 Å². The van der Waals surface area contributed by atoms with Crippen molar-refractivity contribution in [1.29, 1.82) is 0 Å². The summed E-state index contributed by atoms with van der Waals surface area (Å²) in [5.41, 5.74) is 0.764. The molecule has 7 heteroatoms. The molecule has 0 bridgehead atoms. The van der Waals surface area contributed by atoms with Gasteiger partial charge in [-0.25, -0.2) is 14.6 Å². The van der Waals surface area contributed by atoms with E-state index in [9.17, 15) is 9.59 Å². The molecule has 1 heterocycles. The summed E-state index contributed by atoms with van der Waals surface area (Å²) in [4.78, 5) is 28.4. The third-order valence-corrected chi connectivity index (χ3v) is 3.93. The number of hydrogen-bond donors (Lipinski definition) is 2. The number of aromatic nitrogens is 1. The maximum atomic E-state index is 12.1. The van der Waals surface area contributed by atoms with E-state index in [1.165, 1.54) is 21.6 Å². The molecule has 1 aromatic heterocycles. The first kappa shape index (κ1) is 15.0. The Morgan fingerprint density at radius 2 is 2.00 bits per heavy atom. The summed E-state index contributed by atoms with van der Waals surface area (Å²) in [5.74, 6) is -1.07. The molecule has 2 rings (SSSR count). The highest BCUT2D eigenvalue weighted by Crippen LogP contribution is 2.19. The lowest BCUT2D eigenvalue weighted by atomic mass is 10.3. The minimum atomic E-state index is -1.07. The number of anilines is 1. The molecule has 2 aromatic rings. The average Bonchev–Trinajstić information content (AvgIpc) is 2.97. The number of amides is 2. The maximum absolute atomic E-state index is 12.1. The van der Waals surface area contributed by atoms with Crippen LogP contribution in [0.15, 0.2) is 35.7 Å². The SMILES string of the molecule is CC(NC(=O)N(C)c1ccccc1)c1nc(C(=O)O)cs1. The van der Waals surface area contributed by atoms with Gasteiger partial charge < -0.3 is 10.4 Å². The Kier molecular flexibility index (Phi) is 4.54. The van der Waals surface area contributed by atoms with Gasteiger partial charge in [-0.05, 0) is 19.1 Å². The van der Waals surface area contributed by atoms with Crippen LogP contribution < -0.4 is 10.2 Å². The number of carbonyl (C=O) groups excluding carboxylic acids is 1. The van der Waals surface area contributed by atoms with Crippen molar-refractivity contribution in [3.8, 4) is 0 Å². The van der Waals surface area contributed by atoms with Gasteiger partial charge in [0.25, 0.3) is 0 Å². The van der Waals surface area contributed by atoms with E-state index in [1.807, 2.05) is 30.3 Å². The van der Waals surface area contributed by atoms with E-state index in [2.05, 4.69) is 10.3 Å².